The van der Waals surface area contributed by atoms with Gasteiger partial charge in [0, 0.05) is 6.04 Å². The SMILES string of the molecule is Nc1ncnc2c1c(I)nn2CC1CCCN1. The molecule has 2 aromatic heterocycles. The van der Waals surface area contributed by atoms with Gasteiger partial charge in [0.15, 0.2) is 5.65 Å². The van der Waals surface area contributed by atoms with Gasteiger partial charge < -0.3 is 11.1 Å². The molecule has 1 atom stereocenters. The maximum absolute atomic E-state index is 5.85. The monoisotopic (exact) mass is 344 g/mol. The summed E-state index contributed by atoms with van der Waals surface area (Å²) in [5, 5.41) is 8.82. The van der Waals surface area contributed by atoms with Crippen LogP contribution in [-0.4, -0.2) is 32.3 Å². The minimum Gasteiger partial charge on any atom is -0.383 e. The van der Waals surface area contributed by atoms with E-state index in [2.05, 4.69) is 43.0 Å². The van der Waals surface area contributed by atoms with Gasteiger partial charge in [-0.1, -0.05) is 0 Å². The number of nitrogens with one attached hydrogen (secondary N) is 1. The molecule has 90 valence electrons. The Bertz CT molecular complexity index is 545. The van der Waals surface area contributed by atoms with Crippen LogP contribution in [0.5, 0.6) is 0 Å². The summed E-state index contributed by atoms with van der Waals surface area (Å²) in [6, 6.07) is 0.491. The summed E-state index contributed by atoms with van der Waals surface area (Å²) in [6.45, 7) is 1.94. The predicted octanol–water partition coefficient (Wildman–Crippen LogP) is 0.765. The smallest absolute Gasteiger partial charge is 0.164 e. The van der Waals surface area contributed by atoms with Crippen molar-refractivity contribution in [2.75, 3.05) is 12.3 Å². The summed E-state index contributed by atoms with van der Waals surface area (Å²) in [6.07, 6.45) is 3.92. The van der Waals surface area contributed by atoms with E-state index in [1.807, 2.05) is 4.68 Å². The Morgan fingerprint density at radius 1 is 1.53 bits per heavy atom. The molecule has 0 radical (unpaired) electrons. The van der Waals surface area contributed by atoms with Crippen molar-refractivity contribution < 1.29 is 0 Å². The molecule has 3 heterocycles. The lowest BCUT2D eigenvalue weighted by molar-refractivity contribution is 0.482. The fourth-order valence-corrected chi connectivity index (χ4v) is 3.01. The van der Waals surface area contributed by atoms with Crippen molar-refractivity contribution in [1.82, 2.24) is 25.1 Å². The number of nitrogen functional groups attached to an aromatic ring is 1. The normalized spacial score (nSPS) is 20.2. The van der Waals surface area contributed by atoms with E-state index < -0.39 is 0 Å². The number of hydrogen-bond donors (Lipinski definition) is 2. The molecule has 0 aromatic carbocycles. The molecule has 0 amide bonds. The van der Waals surface area contributed by atoms with Gasteiger partial charge in [-0.25, -0.2) is 14.6 Å². The Morgan fingerprint density at radius 2 is 2.41 bits per heavy atom. The molecule has 17 heavy (non-hydrogen) atoms. The first-order valence-electron chi connectivity index (χ1n) is 5.61. The highest BCUT2D eigenvalue weighted by Crippen LogP contribution is 2.23. The molecule has 2 aromatic rings. The molecule has 0 saturated carbocycles. The summed E-state index contributed by atoms with van der Waals surface area (Å²) in [7, 11) is 0. The number of fused-ring (bicyclic) bond motifs is 1. The number of hydrogen-bond acceptors (Lipinski definition) is 5. The van der Waals surface area contributed by atoms with E-state index in [1.54, 1.807) is 0 Å². The summed E-state index contributed by atoms with van der Waals surface area (Å²) in [4.78, 5) is 8.29. The van der Waals surface area contributed by atoms with Gasteiger partial charge in [0.05, 0.1) is 11.9 Å². The molecule has 3 rings (SSSR count). The van der Waals surface area contributed by atoms with Crippen molar-refractivity contribution >= 4 is 39.4 Å². The maximum Gasteiger partial charge on any atom is 0.164 e. The number of anilines is 1. The van der Waals surface area contributed by atoms with Crippen molar-refractivity contribution in [3.05, 3.63) is 10.0 Å². The van der Waals surface area contributed by atoms with Gasteiger partial charge in [0.25, 0.3) is 0 Å². The van der Waals surface area contributed by atoms with E-state index in [4.69, 9.17) is 5.73 Å². The Hall–Kier alpha value is -0.960. The van der Waals surface area contributed by atoms with Crippen LogP contribution < -0.4 is 11.1 Å². The fourth-order valence-electron chi connectivity index (χ4n) is 2.23. The Kier molecular flexibility index (Phi) is 2.87. The van der Waals surface area contributed by atoms with Crippen LogP contribution in [0.15, 0.2) is 6.33 Å². The topological polar surface area (TPSA) is 81.7 Å². The molecule has 1 aliphatic rings. The molecule has 0 bridgehead atoms. The van der Waals surface area contributed by atoms with Crippen LogP contribution in [0.1, 0.15) is 12.8 Å². The minimum absolute atomic E-state index is 0.491. The Labute approximate surface area is 112 Å². The lowest BCUT2D eigenvalue weighted by atomic mass is 10.2. The predicted molar refractivity (Wildman–Crippen MR) is 73.5 cm³/mol. The van der Waals surface area contributed by atoms with Crippen molar-refractivity contribution in [2.24, 2.45) is 0 Å². The van der Waals surface area contributed by atoms with Crippen molar-refractivity contribution in [3.63, 3.8) is 0 Å². The van der Waals surface area contributed by atoms with Crippen LogP contribution in [0.4, 0.5) is 5.82 Å². The highest BCUT2D eigenvalue weighted by atomic mass is 127. The lowest BCUT2D eigenvalue weighted by Gasteiger charge is -2.10. The van der Waals surface area contributed by atoms with Gasteiger partial charge in [-0.3, -0.25) is 0 Å². The molecule has 6 nitrogen and oxygen atoms in total. The quantitative estimate of drug-likeness (QED) is 0.787. The van der Waals surface area contributed by atoms with Gasteiger partial charge in [-0.2, -0.15) is 5.10 Å². The first-order valence-corrected chi connectivity index (χ1v) is 6.69. The molecule has 1 saturated heterocycles. The third-order valence-electron chi connectivity index (χ3n) is 3.07. The van der Waals surface area contributed by atoms with E-state index in [9.17, 15) is 0 Å². The zero-order chi connectivity index (χ0) is 11.8. The van der Waals surface area contributed by atoms with E-state index in [0.717, 1.165) is 27.8 Å². The van der Waals surface area contributed by atoms with Crippen LogP contribution in [-0.2, 0) is 6.54 Å². The van der Waals surface area contributed by atoms with E-state index >= 15 is 0 Å². The third kappa shape index (κ3) is 1.97. The average molecular weight is 344 g/mol. The molecule has 1 aliphatic heterocycles. The minimum atomic E-state index is 0.491. The zero-order valence-corrected chi connectivity index (χ0v) is 11.4. The summed E-state index contributed by atoms with van der Waals surface area (Å²) in [5.74, 6) is 0.505. The fraction of sp³-hybridized carbons (Fsp3) is 0.500. The van der Waals surface area contributed by atoms with Gasteiger partial charge >= 0.3 is 0 Å². The van der Waals surface area contributed by atoms with Crippen LogP contribution in [0.3, 0.4) is 0 Å². The second-order valence-corrected chi connectivity index (χ2v) is 5.25. The number of halogens is 1. The summed E-state index contributed by atoms with van der Waals surface area (Å²) < 4.78 is 2.80. The van der Waals surface area contributed by atoms with Crippen LogP contribution in [0.25, 0.3) is 11.0 Å². The Morgan fingerprint density at radius 3 is 3.18 bits per heavy atom. The maximum atomic E-state index is 5.85. The standard InChI is InChI=1S/C10H13IN6/c11-8-7-9(12)14-5-15-10(7)17(16-8)4-6-2-1-3-13-6/h5-6,13H,1-4H2,(H2,12,14,15). The highest BCUT2D eigenvalue weighted by Gasteiger charge is 2.19. The lowest BCUT2D eigenvalue weighted by Crippen LogP contribution is -2.27. The Balaban J connectivity index is 2.01. The molecule has 7 heteroatoms. The van der Waals surface area contributed by atoms with Gasteiger partial charge in [-0.05, 0) is 42.0 Å². The van der Waals surface area contributed by atoms with E-state index in [1.165, 1.54) is 19.2 Å². The number of nitrogens with two attached hydrogens (primary N) is 1. The first-order chi connectivity index (χ1) is 8.25. The third-order valence-corrected chi connectivity index (χ3v) is 3.83. The molecule has 0 spiro atoms. The molecular formula is C10H13IN6. The van der Waals surface area contributed by atoms with Crippen LogP contribution in [0, 0.1) is 3.70 Å². The van der Waals surface area contributed by atoms with Gasteiger partial charge in [0.1, 0.15) is 15.8 Å². The summed E-state index contributed by atoms with van der Waals surface area (Å²) in [5.41, 5.74) is 6.68. The number of nitrogens with zero attached hydrogens (tertiary/aromatic N) is 4. The van der Waals surface area contributed by atoms with Crippen molar-refractivity contribution in [1.29, 1.82) is 0 Å². The second-order valence-electron chi connectivity index (χ2n) is 4.22. The first kappa shape index (κ1) is 11.1. The molecular weight excluding hydrogens is 331 g/mol. The number of aromatic nitrogens is 4. The zero-order valence-electron chi connectivity index (χ0n) is 9.23. The van der Waals surface area contributed by atoms with Crippen LogP contribution in [0.2, 0.25) is 0 Å². The van der Waals surface area contributed by atoms with Gasteiger partial charge in [-0.15, -0.1) is 0 Å². The van der Waals surface area contributed by atoms with Crippen LogP contribution >= 0.6 is 22.6 Å². The highest BCUT2D eigenvalue weighted by molar-refractivity contribution is 14.1. The largest absolute Gasteiger partial charge is 0.383 e. The average Bonchev–Trinajstić information content (AvgIpc) is 2.90. The molecule has 1 fully saturated rings. The van der Waals surface area contributed by atoms with Gasteiger partial charge in [0.2, 0.25) is 0 Å². The van der Waals surface area contributed by atoms with E-state index in [0.29, 0.717) is 11.9 Å². The van der Waals surface area contributed by atoms with Crippen molar-refractivity contribution in [3.8, 4) is 0 Å². The van der Waals surface area contributed by atoms with Crippen molar-refractivity contribution in [2.45, 2.75) is 25.4 Å². The van der Waals surface area contributed by atoms with E-state index in [-0.39, 0.29) is 0 Å². The molecule has 1 unspecified atom stereocenters. The second kappa shape index (κ2) is 4.37. The molecule has 0 aliphatic carbocycles. The summed E-state index contributed by atoms with van der Waals surface area (Å²) >= 11 is 2.18. The molecule has 3 N–H and O–H groups in total. The number of rotatable bonds is 2.